The predicted molar refractivity (Wildman–Crippen MR) is 67.2 cm³/mol. The molecule has 1 fully saturated rings. The van der Waals surface area contributed by atoms with Crippen molar-refractivity contribution in [2.24, 2.45) is 5.92 Å². The molecule has 1 aliphatic heterocycles. The lowest BCUT2D eigenvalue weighted by Gasteiger charge is -2.39. The fourth-order valence-electron chi connectivity index (χ4n) is 2.49. The monoisotopic (exact) mass is 212 g/mol. The van der Waals surface area contributed by atoms with Crippen molar-refractivity contribution in [3.05, 3.63) is 0 Å². The highest BCUT2D eigenvalue weighted by Crippen LogP contribution is 2.18. The summed E-state index contributed by atoms with van der Waals surface area (Å²) in [5.41, 5.74) is 0. The van der Waals surface area contributed by atoms with Crippen molar-refractivity contribution in [2.45, 2.75) is 59.0 Å². The summed E-state index contributed by atoms with van der Waals surface area (Å²) in [5, 5.41) is 3.65. The zero-order valence-corrected chi connectivity index (χ0v) is 10.9. The molecule has 15 heavy (non-hydrogen) atoms. The maximum atomic E-state index is 3.65. The van der Waals surface area contributed by atoms with E-state index in [4.69, 9.17) is 0 Å². The van der Waals surface area contributed by atoms with Gasteiger partial charge in [0.05, 0.1) is 0 Å². The SMILES string of the molecule is CCCNC1CCN(CC(C)C)C(C)C1. The second-order valence-corrected chi connectivity index (χ2v) is 5.41. The molecule has 90 valence electrons. The van der Waals surface area contributed by atoms with E-state index in [0.717, 1.165) is 18.0 Å². The number of rotatable bonds is 5. The summed E-state index contributed by atoms with van der Waals surface area (Å²) in [6, 6.07) is 1.53. The van der Waals surface area contributed by atoms with Crippen molar-refractivity contribution in [3.8, 4) is 0 Å². The van der Waals surface area contributed by atoms with Crippen LogP contribution in [0.2, 0.25) is 0 Å². The summed E-state index contributed by atoms with van der Waals surface area (Å²) in [6.45, 7) is 13.0. The third-order valence-corrected chi connectivity index (χ3v) is 3.30. The van der Waals surface area contributed by atoms with Gasteiger partial charge in [-0.15, -0.1) is 0 Å². The van der Waals surface area contributed by atoms with Crippen molar-refractivity contribution in [1.82, 2.24) is 10.2 Å². The zero-order chi connectivity index (χ0) is 11.3. The van der Waals surface area contributed by atoms with Crippen LogP contribution >= 0.6 is 0 Å². The molecule has 2 nitrogen and oxygen atoms in total. The van der Waals surface area contributed by atoms with Crippen LogP contribution in [0.1, 0.15) is 47.0 Å². The van der Waals surface area contributed by atoms with E-state index in [-0.39, 0.29) is 0 Å². The molecule has 0 saturated carbocycles. The molecule has 2 heteroatoms. The van der Waals surface area contributed by atoms with E-state index in [0.29, 0.717) is 0 Å². The maximum absolute atomic E-state index is 3.65. The lowest BCUT2D eigenvalue weighted by Crippen LogP contribution is -2.48. The van der Waals surface area contributed by atoms with Gasteiger partial charge in [-0.3, -0.25) is 0 Å². The van der Waals surface area contributed by atoms with E-state index < -0.39 is 0 Å². The average Bonchev–Trinajstić information content (AvgIpc) is 2.18. The summed E-state index contributed by atoms with van der Waals surface area (Å²) >= 11 is 0. The second-order valence-electron chi connectivity index (χ2n) is 5.41. The molecule has 2 unspecified atom stereocenters. The summed E-state index contributed by atoms with van der Waals surface area (Å²) in [7, 11) is 0. The van der Waals surface area contributed by atoms with Crippen LogP contribution in [-0.2, 0) is 0 Å². The van der Waals surface area contributed by atoms with E-state index in [1.807, 2.05) is 0 Å². The number of hydrogen-bond acceptors (Lipinski definition) is 2. The molecule has 0 aromatic carbocycles. The van der Waals surface area contributed by atoms with Crippen LogP contribution in [0.5, 0.6) is 0 Å². The quantitative estimate of drug-likeness (QED) is 0.753. The molecule has 0 spiro atoms. The Balaban J connectivity index is 2.27. The molecule has 0 aromatic heterocycles. The Morgan fingerprint density at radius 3 is 2.67 bits per heavy atom. The van der Waals surface area contributed by atoms with Gasteiger partial charge in [0.15, 0.2) is 0 Å². The first-order valence-corrected chi connectivity index (χ1v) is 6.61. The fraction of sp³-hybridized carbons (Fsp3) is 1.00. The highest BCUT2D eigenvalue weighted by Gasteiger charge is 2.24. The Morgan fingerprint density at radius 2 is 2.13 bits per heavy atom. The first-order chi connectivity index (χ1) is 7.13. The Hall–Kier alpha value is -0.0800. The third kappa shape index (κ3) is 4.52. The molecule has 0 aromatic rings. The van der Waals surface area contributed by atoms with E-state index in [1.165, 1.54) is 38.9 Å². The van der Waals surface area contributed by atoms with Crippen LogP contribution < -0.4 is 5.32 Å². The Bertz CT molecular complexity index is 168. The third-order valence-electron chi connectivity index (χ3n) is 3.30. The minimum absolute atomic E-state index is 0.760. The van der Waals surface area contributed by atoms with Gasteiger partial charge in [0.1, 0.15) is 0 Å². The Labute approximate surface area is 95.4 Å². The van der Waals surface area contributed by atoms with Gasteiger partial charge in [-0.1, -0.05) is 20.8 Å². The van der Waals surface area contributed by atoms with E-state index in [2.05, 4.69) is 37.9 Å². The largest absolute Gasteiger partial charge is 0.314 e. The van der Waals surface area contributed by atoms with Crippen LogP contribution in [0, 0.1) is 5.92 Å². The first-order valence-electron chi connectivity index (χ1n) is 6.61. The van der Waals surface area contributed by atoms with E-state index in [1.54, 1.807) is 0 Å². The Kier molecular flexibility index (Phi) is 5.62. The minimum Gasteiger partial charge on any atom is -0.314 e. The van der Waals surface area contributed by atoms with E-state index in [9.17, 15) is 0 Å². The van der Waals surface area contributed by atoms with Crippen LogP contribution in [0.25, 0.3) is 0 Å². The zero-order valence-electron chi connectivity index (χ0n) is 10.9. The highest BCUT2D eigenvalue weighted by molar-refractivity contribution is 4.83. The molecule has 2 atom stereocenters. The summed E-state index contributed by atoms with van der Waals surface area (Å²) in [5.74, 6) is 0.799. The lowest BCUT2D eigenvalue weighted by molar-refractivity contribution is 0.122. The number of nitrogens with zero attached hydrogens (tertiary/aromatic N) is 1. The minimum atomic E-state index is 0.760. The summed E-state index contributed by atoms with van der Waals surface area (Å²) < 4.78 is 0. The van der Waals surface area contributed by atoms with Gasteiger partial charge in [0, 0.05) is 18.6 Å². The molecule has 1 N–H and O–H groups in total. The number of likely N-dealkylation sites (tertiary alicyclic amines) is 1. The second kappa shape index (κ2) is 6.49. The van der Waals surface area contributed by atoms with Crippen LogP contribution in [0.3, 0.4) is 0 Å². The molecule has 0 aliphatic carbocycles. The van der Waals surface area contributed by atoms with Crippen LogP contribution in [-0.4, -0.2) is 36.6 Å². The molecule has 1 rings (SSSR count). The molecular formula is C13H28N2. The number of nitrogens with one attached hydrogen (secondary N) is 1. The predicted octanol–water partition coefficient (Wildman–Crippen LogP) is 2.49. The van der Waals surface area contributed by atoms with Gasteiger partial charge >= 0.3 is 0 Å². The maximum Gasteiger partial charge on any atom is 0.00940 e. The molecule has 1 heterocycles. The van der Waals surface area contributed by atoms with Crippen molar-refractivity contribution in [1.29, 1.82) is 0 Å². The van der Waals surface area contributed by atoms with Gasteiger partial charge in [-0.2, -0.15) is 0 Å². The lowest BCUT2D eigenvalue weighted by atomic mass is 9.97. The highest BCUT2D eigenvalue weighted by atomic mass is 15.2. The van der Waals surface area contributed by atoms with Gasteiger partial charge in [-0.05, 0) is 45.2 Å². The standard InChI is InChI=1S/C13H28N2/c1-5-7-14-13-6-8-15(10-11(2)3)12(4)9-13/h11-14H,5-10H2,1-4H3. The van der Waals surface area contributed by atoms with Crippen LogP contribution in [0.15, 0.2) is 0 Å². The van der Waals surface area contributed by atoms with Gasteiger partial charge in [0.2, 0.25) is 0 Å². The molecule has 0 radical (unpaired) electrons. The topological polar surface area (TPSA) is 15.3 Å². The molecule has 0 amide bonds. The van der Waals surface area contributed by atoms with Gasteiger partial charge in [-0.25, -0.2) is 0 Å². The number of piperidine rings is 1. The van der Waals surface area contributed by atoms with E-state index >= 15 is 0 Å². The summed E-state index contributed by atoms with van der Waals surface area (Å²) in [4.78, 5) is 2.65. The molecule has 1 aliphatic rings. The smallest absolute Gasteiger partial charge is 0.00940 e. The molecule has 0 bridgehead atoms. The first kappa shape index (κ1) is 13.0. The molecule has 1 saturated heterocycles. The molecular weight excluding hydrogens is 184 g/mol. The van der Waals surface area contributed by atoms with Crippen molar-refractivity contribution in [3.63, 3.8) is 0 Å². The summed E-state index contributed by atoms with van der Waals surface area (Å²) in [6.07, 6.45) is 3.91. The Morgan fingerprint density at radius 1 is 1.40 bits per heavy atom. The van der Waals surface area contributed by atoms with Crippen molar-refractivity contribution in [2.75, 3.05) is 19.6 Å². The van der Waals surface area contributed by atoms with Crippen molar-refractivity contribution >= 4 is 0 Å². The average molecular weight is 212 g/mol. The van der Waals surface area contributed by atoms with Gasteiger partial charge < -0.3 is 10.2 Å². The van der Waals surface area contributed by atoms with Gasteiger partial charge in [0.25, 0.3) is 0 Å². The number of hydrogen-bond donors (Lipinski definition) is 1. The fourth-order valence-corrected chi connectivity index (χ4v) is 2.49. The van der Waals surface area contributed by atoms with Crippen molar-refractivity contribution < 1.29 is 0 Å². The normalized spacial score (nSPS) is 28.6. The van der Waals surface area contributed by atoms with Crippen LogP contribution in [0.4, 0.5) is 0 Å².